The molecule has 1 fully saturated rings. The number of rotatable bonds is 5. The fourth-order valence-electron chi connectivity index (χ4n) is 4.73. The number of carbonyl (C=O) groups excluding carboxylic acids is 1. The molecule has 0 atom stereocenters. The van der Waals surface area contributed by atoms with E-state index in [1.165, 1.54) is 16.9 Å². The Labute approximate surface area is 191 Å². The summed E-state index contributed by atoms with van der Waals surface area (Å²) in [5, 5.41) is 0.772. The number of carbonyl (C=O) groups is 1. The van der Waals surface area contributed by atoms with Gasteiger partial charge >= 0.3 is 0 Å². The maximum Gasteiger partial charge on any atom is 0.259 e. The van der Waals surface area contributed by atoms with Crippen LogP contribution >= 0.6 is 11.3 Å². The fourth-order valence-corrected chi connectivity index (χ4v) is 6.01. The first-order valence-electron chi connectivity index (χ1n) is 11.3. The van der Waals surface area contributed by atoms with Crippen LogP contribution in [-0.4, -0.2) is 54.1 Å². The van der Waals surface area contributed by atoms with E-state index in [1.54, 1.807) is 18.4 Å². The van der Waals surface area contributed by atoms with E-state index in [0.717, 1.165) is 54.0 Å². The van der Waals surface area contributed by atoms with Crippen LogP contribution in [0.5, 0.6) is 5.75 Å². The van der Waals surface area contributed by atoms with Gasteiger partial charge in [-0.2, -0.15) is 0 Å². The number of amides is 1. The molecule has 0 spiro atoms. The summed E-state index contributed by atoms with van der Waals surface area (Å²) in [7, 11) is 1.67. The maximum atomic E-state index is 12.8. The summed E-state index contributed by atoms with van der Waals surface area (Å²) in [6, 6.07) is 8.02. The molecule has 1 saturated heterocycles. The van der Waals surface area contributed by atoms with Gasteiger partial charge in [0.05, 0.1) is 12.5 Å². The summed E-state index contributed by atoms with van der Waals surface area (Å²) >= 11 is 1.65. The van der Waals surface area contributed by atoms with Crippen molar-refractivity contribution in [1.29, 1.82) is 0 Å². The first-order chi connectivity index (χ1) is 15.6. The maximum absolute atomic E-state index is 12.8. The average molecular weight is 453 g/mol. The zero-order chi connectivity index (χ0) is 22.1. The number of ether oxygens (including phenoxy) is 1. The number of benzene rings is 1. The number of nitrogens with one attached hydrogen (secondary N) is 1. The smallest absolute Gasteiger partial charge is 0.259 e. The van der Waals surface area contributed by atoms with E-state index >= 15 is 0 Å². The summed E-state index contributed by atoms with van der Waals surface area (Å²) in [6.45, 7) is 2.97. The number of aromatic nitrogens is 2. The lowest BCUT2D eigenvalue weighted by Gasteiger charge is -2.36. The molecule has 7 nitrogen and oxygen atoms in total. The molecule has 0 bridgehead atoms. The Morgan fingerprint density at radius 3 is 2.81 bits per heavy atom. The highest BCUT2D eigenvalue weighted by Crippen LogP contribution is 2.33. The molecule has 1 aliphatic carbocycles. The van der Waals surface area contributed by atoms with Gasteiger partial charge in [-0.25, -0.2) is 4.98 Å². The minimum Gasteiger partial charge on any atom is -0.497 e. The van der Waals surface area contributed by atoms with Crippen molar-refractivity contribution in [3.05, 3.63) is 50.9 Å². The highest BCUT2D eigenvalue weighted by atomic mass is 32.1. The highest BCUT2D eigenvalue weighted by molar-refractivity contribution is 7.18. The standard InChI is InChI=1S/C24H28N4O3S/c1-31-17-6-4-5-16(15-17)27-11-13-28(14-12-27)21(29)10-9-20-25-23(30)22-18-7-2-3-8-19(18)32-24(22)26-20/h4-6,15H,2-3,7-14H2,1H3,(H,25,26,30). The number of methoxy groups -OCH3 is 1. The molecular weight excluding hydrogens is 424 g/mol. The van der Waals surface area contributed by atoms with Gasteiger partial charge in [0.15, 0.2) is 0 Å². The van der Waals surface area contributed by atoms with E-state index in [4.69, 9.17) is 9.72 Å². The van der Waals surface area contributed by atoms with Crippen LogP contribution in [0.2, 0.25) is 0 Å². The van der Waals surface area contributed by atoms with Crippen molar-refractivity contribution in [2.45, 2.75) is 38.5 Å². The molecule has 168 valence electrons. The van der Waals surface area contributed by atoms with Crippen LogP contribution in [0.15, 0.2) is 29.1 Å². The predicted octanol–water partition coefficient (Wildman–Crippen LogP) is 3.15. The van der Waals surface area contributed by atoms with Crippen LogP contribution in [0.1, 0.15) is 35.5 Å². The number of nitrogens with zero attached hydrogens (tertiary/aromatic N) is 3. The lowest BCUT2D eigenvalue weighted by Crippen LogP contribution is -2.48. The van der Waals surface area contributed by atoms with Gasteiger partial charge in [0.1, 0.15) is 16.4 Å². The zero-order valence-electron chi connectivity index (χ0n) is 18.4. The van der Waals surface area contributed by atoms with Crippen molar-refractivity contribution in [2.24, 2.45) is 0 Å². The number of aryl methyl sites for hydroxylation is 3. The Hall–Kier alpha value is -2.87. The van der Waals surface area contributed by atoms with E-state index in [1.807, 2.05) is 23.1 Å². The second kappa shape index (κ2) is 8.94. The molecule has 1 amide bonds. The molecule has 5 rings (SSSR count). The minimum absolute atomic E-state index is 0.0521. The van der Waals surface area contributed by atoms with Crippen molar-refractivity contribution in [1.82, 2.24) is 14.9 Å². The van der Waals surface area contributed by atoms with Gasteiger partial charge in [-0.1, -0.05) is 6.07 Å². The molecule has 3 aromatic rings. The van der Waals surface area contributed by atoms with Crippen molar-refractivity contribution < 1.29 is 9.53 Å². The molecule has 0 saturated carbocycles. The Morgan fingerprint density at radius 1 is 1.19 bits per heavy atom. The lowest BCUT2D eigenvalue weighted by molar-refractivity contribution is -0.131. The van der Waals surface area contributed by atoms with Crippen LogP contribution in [0, 0.1) is 0 Å². The number of hydrogen-bond donors (Lipinski definition) is 1. The number of fused-ring (bicyclic) bond motifs is 3. The third-order valence-electron chi connectivity index (χ3n) is 6.50. The van der Waals surface area contributed by atoms with Crippen molar-refractivity contribution in [3.63, 3.8) is 0 Å². The summed E-state index contributed by atoms with van der Waals surface area (Å²) in [5.41, 5.74) is 2.26. The summed E-state index contributed by atoms with van der Waals surface area (Å²) < 4.78 is 5.32. The summed E-state index contributed by atoms with van der Waals surface area (Å²) in [6.07, 6.45) is 5.16. The quantitative estimate of drug-likeness (QED) is 0.643. The van der Waals surface area contributed by atoms with Gasteiger partial charge in [-0.15, -0.1) is 11.3 Å². The third-order valence-corrected chi connectivity index (χ3v) is 7.69. The summed E-state index contributed by atoms with van der Waals surface area (Å²) in [4.78, 5) is 39.5. The second-order valence-corrected chi connectivity index (χ2v) is 9.56. The van der Waals surface area contributed by atoms with Gasteiger partial charge in [0.2, 0.25) is 5.91 Å². The molecule has 2 aromatic heterocycles. The summed E-state index contributed by atoms with van der Waals surface area (Å²) in [5.74, 6) is 1.57. The number of anilines is 1. The number of aromatic amines is 1. The Morgan fingerprint density at radius 2 is 2.00 bits per heavy atom. The second-order valence-electron chi connectivity index (χ2n) is 8.47. The molecule has 8 heteroatoms. The first kappa shape index (κ1) is 21.0. The fraction of sp³-hybridized carbons (Fsp3) is 0.458. The number of hydrogen-bond acceptors (Lipinski definition) is 6. The predicted molar refractivity (Wildman–Crippen MR) is 127 cm³/mol. The van der Waals surface area contributed by atoms with E-state index < -0.39 is 0 Å². The van der Waals surface area contributed by atoms with Gasteiger partial charge in [0, 0.05) is 55.7 Å². The normalized spacial score (nSPS) is 16.3. The van der Waals surface area contributed by atoms with Crippen LogP contribution in [0.4, 0.5) is 5.69 Å². The van der Waals surface area contributed by atoms with E-state index in [0.29, 0.717) is 31.8 Å². The van der Waals surface area contributed by atoms with E-state index in [9.17, 15) is 9.59 Å². The number of piperazine rings is 1. The molecule has 1 aromatic carbocycles. The Bertz CT molecular complexity index is 1190. The molecule has 32 heavy (non-hydrogen) atoms. The molecule has 2 aliphatic rings. The SMILES string of the molecule is COc1cccc(N2CCN(C(=O)CCc3nc4sc5c(c4c(=O)[nH]3)CCCC5)CC2)c1. The minimum atomic E-state index is -0.0521. The number of thiophene rings is 1. The average Bonchev–Trinajstić information content (AvgIpc) is 3.21. The molecule has 3 heterocycles. The van der Waals surface area contributed by atoms with Gasteiger partial charge in [-0.3, -0.25) is 9.59 Å². The van der Waals surface area contributed by atoms with Crippen LogP contribution in [0.25, 0.3) is 10.2 Å². The molecule has 0 radical (unpaired) electrons. The van der Waals surface area contributed by atoms with Crippen molar-refractivity contribution in [2.75, 3.05) is 38.2 Å². The monoisotopic (exact) mass is 452 g/mol. The van der Waals surface area contributed by atoms with Gasteiger partial charge in [0.25, 0.3) is 5.56 Å². The van der Waals surface area contributed by atoms with Crippen LogP contribution in [-0.2, 0) is 24.1 Å². The topological polar surface area (TPSA) is 78.5 Å². The van der Waals surface area contributed by atoms with Crippen molar-refractivity contribution >= 4 is 33.1 Å². The van der Waals surface area contributed by atoms with Gasteiger partial charge in [-0.05, 0) is 43.4 Å². The third kappa shape index (κ3) is 4.11. The van der Waals surface area contributed by atoms with Crippen LogP contribution < -0.4 is 15.2 Å². The van der Waals surface area contributed by atoms with Crippen molar-refractivity contribution in [3.8, 4) is 5.75 Å². The first-order valence-corrected chi connectivity index (χ1v) is 12.1. The lowest BCUT2D eigenvalue weighted by atomic mass is 9.97. The largest absolute Gasteiger partial charge is 0.497 e. The van der Waals surface area contributed by atoms with Crippen LogP contribution in [0.3, 0.4) is 0 Å². The number of H-pyrrole nitrogens is 1. The van der Waals surface area contributed by atoms with E-state index in [-0.39, 0.29) is 11.5 Å². The van der Waals surface area contributed by atoms with E-state index in [2.05, 4.69) is 16.0 Å². The molecule has 1 aliphatic heterocycles. The Balaban J connectivity index is 1.20. The zero-order valence-corrected chi connectivity index (χ0v) is 19.2. The Kier molecular flexibility index (Phi) is 5.87. The molecule has 1 N–H and O–H groups in total. The highest BCUT2D eigenvalue weighted by Gasteiger charge is 2.23. The molecular formula is C24H28N4O3S. The van der Waals surface area contributed by atoms with Gasteiger partial charge < -0.3 is 19.5 Å². The molecule has 0 unspecified atom stereocenters.